The van der Waals surface area contributed by atoms with Crippen molar-refractivity contribution in [1.29, 1.82) is 0 Å². The quantitative estimate of drug-likeness (QED) is 0.870. The van der Waals surface area contributed by atoms with Gasteiger partial charge in [-0.2, -0.15) is 0 Å². The molecular weight excluding hydrogens is 271 g/mol. The van der Waals surface area contributed by atoms with E-state index in [4.69, 9.17) is 0 Å². The minimum Gasteiger partial charge on any atom is -0.335 e. The zero-order valence-electron chi connectivity index (χ0n) is 12.2. The first-order chi connectivity index (χ1) is 9.91. The molecule has 0 N–H and O–H groups in total. The molecule has 1 amide bonds. The van der Waals surface area contributed by atoms with Crippen LogP contribution >= 0.6 is 0 Å². The van der Waals surface area contributed by atoms with Gasteiger partial charge in [0.1, 0.15) is 5.82 Å². The standard InChI is InChI=1S/C16H17FN2O2/c1-11(13-6-4-5-7-14(13)17)19(3)16(21)12-8-9-18(2)15(20)10-12/h4-11H,1-3H3/t11-/m0/s1. The Kier molecular flexibility index (Phi) is 4.21. The molecule has 2 aromatic rings. The van der Waals surface area contributed by atoms with Crippen LogP contribution in [0.15, 0.2) is 47.4 Å². The lowest BCUT2D eigenvalue weighted by atomic mass is 10.1. The van der Waals surface area contributed by atoms with E-state index >= 15 is 0 Å². The predicted molar refractivity (Wildman–Crippen MR) is 78.6 cm³/mol. The highest BCUT2D eigenvalue weighted by molar-refractivity contribution is 5.94. The van der Waals surface area contributed by atoms with Crippen LogP contribution in [0.3, 0.4) is 0 Å². The van der Waals surface area contributed by atoms with Gasteiger partial charge in [0.15, 0.2) is 0 Å². The first-order valence-electron chi connectivity index (χ1n) is 6.60. The molecule has 0 unspecified atom stereocenters. The van der Waals surface area contributed by atoms with Gasteiger partial charge in [0.2, 0.25) is 0 Å². The average molecular weight is 288 g/mol. The van der Waals surface area contributed by atoms with Gasteiger partial charge in [-0.3, -0.25) is 9.59 Å². The van der Waals surface area contributed by atoms with Crippen molar-refractivity contribution in [3.8, 4) is 0 Å². The van der Waals surface area contributed by atoms with Crippen molar-refractivity contribution >= 4 is 5.91 Å². The smallest absolute Gasteiger partial charge is 0.254 e. The fraction of sp³-hybridized carbons (Fsp3) is 0.250. The van der Waals surface area contributed by atoms with Crippen LogP contribution in [0.5, 0.6) is 0 Å². The highest BCUT2D eigenvalue weighted by Crippen LogP contribution is 2.22. The van der Waals surface area contributed by atoms with Crippen LogP contribution in [-0.2, 0) is 7.05 Å². The molecule has 1 heterocycles. The fourth-order valence-corrected chi connectivity index (χ4v) is 2.08. The number of pyridine rings is 1. The molecule has 4 nitrogen and oxygen atoms in total. The number of aryl methyl sites for hydroxylation is 1. The first-order valence-corrected chi connectivity index (χ1v) is 6.60. The second-order valence-corrected chi connectivity index (χ2v) is 4.98. The molecule has 0 aliphatic carbocycles. The molecule has 21 heavy (non-hydrogen) atoms. The number of halogens is 1. The first kappa shape index (κ1) is 15.0. The van der Waals surface area contributed by atoms with E-state index in [1.54, 1.807) is 45.3 Å². The Balaban J connectivity index is 2.28. The van der Waals surface area contributed by atoms with Crippen molar-refractivity contribution in [2.24, 2.45) is 7.05 Å². The van der Waals surface area contributed by atoms with E-state index in [0.29, 0.717) is 11.1 Å². The van der Waals surface area contributed by atoms with Crippen molar-refractivity contribution in [2.45, 2.75) is 13.0 Å². The summed E-state index contributed by atoms with van der Waals surface area (Å²) in [7, 11) is 3.21. The molecule has 0 spiro atoms. The number of rotatable bonds is 3. The van der Waals surface area contributed by atoms with Crippen LogP contribution < -0.4 is 5.56 Å². The van der Waals surface area contributed by atoms with Crippen molar-refractivity contribution in [3.63, 3.8) is 0 Å². The number of aromatic nitrogens is 1. The van der Waals surface area contributed by atoms with Crippen LogP contribution in [0.2, 0.25) is 0 Å². The number of carbonyl (C=O) groups is 1. The highest BCUT2D eigenvalue weighted by Gasteiger charge is 2.21. The van der Waals surface area contributed by atoms with Gasteiger partial charge in [-0.25, -0.2) is 4.39 Å². The lowest BCUT2D eigenvalue weighted by Crippen LogP contribution is -2.31. The van der Waals surface area contributed by atoms with Crippen molar-refractivity contribution in [2.75, 3.05) is 7.05 Å². The molecule has 0 bridgehead atoms. The summed E-state index contributed by atoms with van der Waals surface area (Å²) >= 11 is 0. The van der Waals surface area contributed by atoms with Gasteiger partial charge in [-0.15, -0.1) is 0 Å². The largest absolute Gasteiger partial charge is 0.335 e. The topological polar surface area (TPSA) is 42.3 Å². The second-order valence-electron chi connectivity index (χ2n) is 4.98. The van der Waals surface area contributed by atoms with Gasteiger partial charge in [-0.1, -0.05) is 18.2 Å². The Labute approximate surface area is 122 Å². The van der Waals surface area contributed by atoms with Crippen LogP contribution in [0, 0.1) is 5.82 Å². The SMILES string of the molecule is C[C@@H](c1ccccc1F)N(C)C(=O)c1ccn(C)c(=O)c1. The average Bonchev–Trinajstić information content (AvgIpc) is 2.48. The molecule has 1 aromatic carbocycles. The third-order valence-electron chi connectivity index (χ3n) is 3.61. The molecular formula is C16H17FN2O2. The lowest BCUT2D eigenvalue weighted by Gasteiger charge is -2.25. The molecule has 110 valence electrons. The number of hydrogen-bond donors (Lipinski definition) is 0. The van der Waals surface area contributed by atoms with E-state index in [0.717, 1.165) is 0 Å². The maximum Gasteiger partial charge on any atom is 0.254 e. The third-order valence-corrected chi connectivity index (χ3v) is 3.61. The molecule has 0 radical (unpaired) electrons. The Bertz CT molecular complexity index is 724. The van der Waals surface area contributed by atoms with Crippen molar-refractivity contribution < 1.29 is 9.18 Å². The molecule has 0 saturated heterocycles. The number of nitrogens with zero attached hydrogens (tertiary/aromatic N) is 2. The Morgan fingerprint density at radius 3 is 2.57 bits per heavy atom. The molecule has 1 atom stereocenters. The lowest BCUT2D eigenvalue weighted by molar-refractivity contribution is 0.0740. The molecule has 2 rings (SSSR count). The van der Waals surface area contributed by atoms with Crippen molar-refractivity contribution in [3.05, 3.63) is 69.9 Å². The summed E-state index contributed by atoms with van der Waals surface area (Å²) < 4.78 is 15.2. The van der Waals surface area contributed by atoms with E-state index in [-0.39, 0.29) is 17.3 Å². The normalized spacial score (nSPS) is 12.0. The molecule has 1 aromatic heterocycles. The summed E-state index contributed by atoms with van der Waals surface area (Å²) in [4.78, 5) is 25.4. The predicted octanol–water partition coefficient (Wildman–Crippen LogP) is 2.36. The molecule has 0 aliphatic heterocycles. The van der Waals surface area contributed by atoms with Crippen molar-refractivity contribution in [1.82, 2.24) is 9.47 Å². The zero-order chi connectivity index (χ0) is 15.6. The Hall–Kier alpha value is -2.43. The van der Waals surface area contributed by atoms with E-state index in [1.807, 2.05) is 0 Å². The maximum atomic E-state index is 13.8. The summed E-state index contributed by atoms with van der Waals surface area (Å²) in [5.74, 6) is -0.669. The fourth-order valence-electron chi connectivity index (χ4n) is 2.08. The maximum absolute atomic E-state index is 13.8. The van der Waals surface area contributed by atoms with E-state index in [2.05, 4.69) is 0 Å². The van der Waals surface area contributed by atoms with E-state index in [1.165, 1.54) is 27.8 Å². The van der Waals surface area contributed by atoms with Crippen LogP contribution in [0.1, 0.15) is 28.9 Å². The summed E-state index contributed by atoms with van der Waals surface area (Å²) in [6, 6.07) is 8.78. The van der Waals surface area contributed by atoms with E-state index < -0.39 is 6.04 Å². The summed E-state index contributed by atoms with van der Waals surface area (Å²) in [5, 5.41) is 0. The van der Waals surface area contributed by atoms with Crippen LogP contribution in [-0.4, -0.2) is 22.4 Å². The number of benzene rings is 1. The van der Waals surface area contributed by atoms with E-state index in [9.17, 15) is 14.0 Å². The van der Waals surface area contributed by atoms with Gasteiger partial charge in [0.25, 0.3) is 11.5 Å². The summed E-state index contributed by atoms with van der Waals surface area (Å²) in [6.45, 7) is 1.75. The Morgan fingerprint density at radius 2 is 1.95 bits per heavy atom. The summed E-state index contributed by atoms with van der Waals surface area (Å²) in [5.41, 5.74) is 0.480. The van der Waals surface area contributed by atoms with Gasteiger partial charge >= 0.3 is 0 Å². The van der Waals surface area contributed by atoms with Gasteiger partial charge in [0.05, 0.1) is 6.04 Å². The summed E-state index contributed by atoms with van der Waals surface area (Å²) in [6.07, 6.45) is 1.54. The van der Waals surface area contributed by atoms with Gasteiger partial charge < -0.3 is 9.47 Å². The minimum atomic E-state index is -0.428. The third kappa shape index (κ3) is 3.02. The van der Waals surface area contributed by atoms with Crippen LogP contribution in [0.4, 0.5) is 4.39 Å². The van der Waals surface area contributed by atoms with Gasteiger partial charge in [-0.05, 0) is 19.1 Å². The molecule has 5 heteroatoms. The zero-order valence-corrected chi connectivity index (χ0v) is 12.2. The second kappa shape index (κ2) is 5.91. The molecule has 0 fully saturated rings. The number of carbonyl (C=O) groups excluding carboxylic acids is 1. The number of amides is 1. The monoisotopic (exact) mass is 288 g/mol. The molecule has 0 saturated carbocycles. The highest BCUT2D eigenvalue weighted by atomic mass is 19.1. The van der Waals surface area contributed by atoms with Crippen LogP contribution in [0.25, 0.3) is 0 Å². The molecule has 0 aliphatic rings. The minimum absolute atomic E-state index is 0.257. The van der Waals surface area contributed by atoms with Gasteiger partial charge in [0, 0.05) is 37.5 Å². The Morgan fingerprint density at radius 1 is 1.29 bits per heavy atom. The number of hydrogen-bond acceptors (Lipinski definition) is 2.